The summed E-state index contributed by atoms with van der Waals surface area (Å²) >= 11 is 1.43. The fourth-order valence-electron chi connectivity index (χ4n) is 4.20. The van der Waals surface area contributed by atoms with Crippen LogP contribution in [-0.4, -0.2) is 24.2 Å². The zero-order valence-corrected chi connectivity index (χ0v) is 19.1. The molecule has 1 aromatic carbocycles. The van der Waals surface area contributed by atoms with Gasteiger partial charge < -0.3 is 19.7 Å². The minimum Gasteiger partial charge on any atom is -0.478 e. The second kappa shape index (κ2) is 8.04. The summed E-state index contributed by atoms with van der Waals surface area (Å²) in [4.78, 5) is 27.6. The third-order valence-electron chi connectivity index (χ3n) is 6.16. The Bertz CT molecular complexity index is 1180. The summed E-state index contributed by atoms with van der Waals surface area (Å²) in [6.07, 6.45) is 2.10. The number of hydrogen-bond acceptors (Lipinski definition) is 6. The van der Waals surface area contributed by atoms with Gasteiger partial charge in [0, 0.05) is 35.3 Å². The number of piperidine rings is 1. The molecule has 164 valence electrons. The van der Waals surface area contributed by atoms with Crippen LogP contribution in [0.5, 0.6) is 0 Å². The lowest BCUT2D eigenvalue weighted by Crippen LogP contribution is -2.37. The van der Waals surface area contributed by atoms with Gasteiger partial charge in [0.1, 0.15) is 4.70 Å². The van der Waals surface area contributed by atoms with Crippen LogP contribution in [-0.2, 0) is 0 Å². The summed E-state index contributed by atoms with van der Waals surface area (Å²) in [7, 11) is 0. The Morgan fingerprint density at radius 3 is 2.61 bits per heavy atom. The molecule has 0 spiro atoms. The minimum absolute atomic E-state index is 0.0291. The van der Waals surface area contributed by atoms with E-state index in [-0.39, 0.29) is 17.0 Å². The number of aryl methyl sites for hydroxylation is 1. The molecular formula is C24H28N2O4S. The number of carbonyl (C=O) groups is 1. The number of carboxylic acid groups (broad SMARTS) is 1. The first-order valence-electron chi connectivity index (χ1n) is 10.6. The zero-order valence-electron chi connectivity index (χ0n) is 18.3. The molecule has 0 bridgehead atoms. The van der Waals surface area contributed by atoms with Gasteiger partial charge in [0.25, 0.3) is 0 Å². The first-order chi connectivity index (χ1) is 14.7. The number of nitrogens with one attached hydrogen (secondary N) is 1. The maximum Gasteiger partial charge on any atom is 0.337 e. The highest BCUT2D eigenvalue weighted by Crippen LogP contribution is 2.38. The Labute approximate surface area is 185 Å². The number of benzene rings is 1. The van der Waals surface area contributed by atoms with E-state index in [1.165, 1.54) is 11.3 Å². The van der Waals surface area contributed by atoms with Crippen LogP contribution in [0.2, 0.25) is 0 Å². The van der Waals surface area contributed by atoms with Crippen molar-refractivity contribution in [2.45, 2.75) is 46.6 Å². The van der Waals surface area contributed by atoms with Crippen LogP contribution in [0.1, 0.15) is 60.5 Å². The van der Waals surface area contributed by atoms with E-state index in [0.717, 1.165) is 36.4 Å². The van der Waals surface area contributed by atoms with Crippen LogP contribution in [0.25, 0.3) is 10.3 Å². The molecule has 0 radical (unpaired) electrons. The van der Waals surface area contributed by atoms with Crippen molar-refractivity contribution in [3.8, 4) is 0 Å². The van der Waals surface area contributed by atoms with E-state index >= 15 is 0 Å². The SMILES string of the molecule is Cc1sc2c(=O)cc(N3CCC(C)(C)CC3)oc2c1C(C)Nc1ccccc1C(=O)O. The van der Waals surface area contributed by atoms with Gasteiger partial charge in [-0.05, 0) is 44.2 Å². The summed E-state index contributed by atoms with van der Waals surface area (Å²) in [6, 6.07) is 8.21. The smallest absolute Gasteiger partial charge is 0.337 e. The van der Waals surface area contributed by atoms with Gasteiger partial charge in [0.05, 0.1) is 11.6 Å². The molecule has 2 N–H and O–H groups in total. The lowest BCUT2D eigenvalue weighted by atomic mass is 9.83. The Balaban J connectivity index is 1.71. The van der Waals surface area contributed by atoms with Crippen molar-refractivity contribution < 1.29 is 14.3 Å². The number of rotatable bonds is 5. The van der Waals surface area contributed by atoms with Crippen molar-refractivity contribution >= 4 is 39.2 Å². The van der Waals surface area contributed by atoms with Crippen LogP contribution >= 0.6 is 11.3 Å². The number of thiophene rings is 1. The summed E-state index contributed by atoms with van der Waals surface area (Å²) in [5.41, 5.74) is 2.53. The highest BCUT2D eigenvalue weighted by molar-refractivity contribution is 7.19. The van der Waals surface area contributed by atoms with Gasteiger partial charge in [-0.15, -0.1) is 11.3 Å². The van der Waals surface area contributed by atoms with E-state index in [1.54, 1.807) is 30.3 Å². The third-order valence-corrected chi connectivity index (χ3v) is 7.28. The molecule has 6 nitrogen and oxygen atoms in total. The van der Waals surface area contributed by atoms with Crippen molar-refractivity contribution in [1.82, 2.24) is 0 Å². The Morgan fingerprint density at radius 2 is 1.94 bits per heavy atom. The molecule has 3 aromatic rings. The van der Waals surface area contributed by atoms with E-state index in [2.05, 4.69) is 24.1 Å². The Kier molecular flexibility index (Phi) is 5.56. The standard InChI is InChI=1S/C24H28N2O4S/c1-14(25-17-8-6-5-7-16(17)23(28)29)20-15(2)31-22-18(27)13-19(30-21(20)22)26-11-9-24(3,4)10-12-26/h5-8,13-14,25H,9-12H2,1-4H3,(H,28,29). The monoisotopic (exact) mass is 440 g/mol. The lowest BCUT2D eigenvalue weighted by molar-refractivity contribution is 0.0698. The van der Waals surface area contributed by atoms with Gasteiger partial charge in [-0.2, -0.15) is 0 Å². The molecule has 4 rings (SSSR count). The highest BCUT2D eigenvalue weighted by Gasteiger charge is 2.28. The Hall–Kier alpha value is -2.80. The molecule has 7 heteroatoms. The molecule has 31 heavy (non-hydrogen) atoms. The number of para-hydroxylation sites is 1. The minimum atomic E-state index is -0.982. The molecule has 1 saturated heterocycles. The average molecular weight is 441 g/mol. The second-order valence-electron chi connectivity index (χ2n) is 9.05. The van der Waals surface area contributed by atoms with E-state index in [4.69, 9.17) is 4.42 Å². The van der Waals surface area contributed by atoms with Crippen molar-refractivity contribution in [2.75, 3.05) is 23.3 Å². The van der Waals surface area contributed by atoms with Gasteiger partial charge in [-0.3, -0.25) is 4.79 Å². The van der Waals surface area contributed by atoms with Crippen LogP contribution in [0, 0.1) is 12.3 Å². The summed E-state index contributed by atoms with van der Waals surface area (Å²) in [6.45, 7) is 10.2. The normalized spacial score (nSPS) is 17.0. The quantitative estimate of drug-likeness (QED) is 0.533. The number of anilines is 2. The van der Waals surface area contributed by atoms with Gasteiger partial charge in [-0.25, -0.2) is 4.79 Å². The van der Waals surface area contributed by atoms with E-state index in [0.29, 0.717) is 27.3 Å². The number of carboxylic acids is 1. The molecular weight excluding hydrogens is 412 g/mol. The fraction of sp³-hybridized carbons (Fsp3) is 0.417. The molecule has 0 amide bonds. The van der Waals surface area contributed by atoms with Gasteiger partial charge >= 0.3 is 5.97 Å². The molecule has 1 unspecified atom stereocenters. The predicted molar refractivity (Wildman–Crippen MR) is 126 cm³/mol. The van der Waals surface area contributed by atoms with Gasteiger partial charge in [0.2, 0.25) is 5.43 Å². The van der Waals surface area contributed by atoms with Crippen molar-refractivity contribution in [3.63, 3.8) is 0 Å². The summed E-state index contributed by atoms with van der Waals surface area (Å²) in [5.74, 6) is -0.366. The molecule has 1 fully saturated rings. The molecule has 1 aliphatic heterocycles. The van der Waals surface area contributed by atoms with Crippen LogP contribution in [0.3, 0.4) is 0 Å². The van der Waals surface area contributed by atoms with Crippen molar-refractivity contribution in [1.29, 1.82) is 0 Å². The maximum absolute atomic E-state index is 12.9. The molecule has 0 aliphatic carbocycles. The lowest BCUT2D eigenvalue weighted by Gasteiger charge is -2.37. The first-order valence-corrected chi connectivity index (χ1v) is 11.4. The fourth-order valence-corrected chi connectivity index (χ4v) is 5.29. The number of hydrogen-bond donors (Lipinski definition) is 2. The maximum atomic E-state index is 12.9. The number of fused-ring (bicyclic) bond motifs is 1. The average Bonchev–Trinajstić information content (AvgIpc) is 3.04. The summed E-state index contributed by atoms with van der Waals surface area (Å²) < 4.78 is 6.92. The molecule has 1 atom stereocenters. The number of nitrogens with zero attached hydrogens (tertiary/aromatic N) is 1. The molecule has 0 saturated carbocycles. The highest BCUT2D eigenvalue weighted by atomic mass is 32.1. The van der Waals surface area contributed by atoms with E-state index in [1.807, 2.05) is 13.8 Å². The third kappa shape index (κ3) is 4.19. The van der Waals surface area contributed by atoms with Crippen LogP contribution < -0.4 is 15.6 Å². The van der Waals surface area contributed by atoms with Crippen LogP contribution in [0.4, 0.5) is 11.6 Å². The largest absolute Gasteiger partial charge is 0.478 e. The molecule has 3 heterocycles. The first kappa shape index (κ1) is 21.4. The van der Waals surface area contributed by atoms with E-state index < -0.39 is 5.97 Å². The van der Waals surface area contributed by atoms with Gasteiger partial charge in [-0.1, -0.05) is 26.0 Å². The molecule has 2 aromatic heterocycles. The predicted octanol–water partition coefficient (Wildman–Crippen LogP) is 5.66. The second-order valence-corrected chi connectivity index (χ2v) is 10.3. The van der Waals surface area contributed by atoms with Crippen molar-refractivity contribution in [2.24, 2.45) is 5.41 Å². The van der Waals surface area contributed by atoms with E-state index in [9.17, 15) is 14.7 Å². The number of aromatic carboxylic acids is 1. The topological polar surface area (TPSA) is 82.8 Å². The van der Waals surface area contributed by atoms with Crippen LogP contribution in [0.15, 0.2) is 39.5 Å². The zero-order chi connectivity index (χ0) is 22.3. The summed E-state index contributed by atoms with van der Waals surface area (Å²) in [5, 5.41) is 12.8. The van der Waals surface area contributed by atoms with Gasteiger partial charge in [0.15, 0.2) is 11.5 Å². The van der Waals surface area contributed by atoms with Crippen molar-refractivity contribution in [3.05, 3.63) is 56.6 Å². The Morgan fingerprint density at radius 1 is 1.26 bits per heavy atom. The molecule has 1 aliphatic rings.